The van der Waals surface area contributed by atoms with E-state index < -0.39 is 14.0 Å². The largest absolute Gasteiger partial charge is 0.414 e. The maximum absolute atomic E-state index is 12.9. The Labute approximate surface area is 147 Å². The lowest BCUT2D eigenvalue weighted by Gasteiger charge is -2.65. The molecule has 0 bridgehead atoms. The molecule has 3 aliphatic rings. The van der Waals surface area contributed by atoms with Crippen LogP contribution in [0.1, 0.15) is 40.0 Å². The van der Waals surface area contributed by atoms with Gasteiger partial charge in [-0.15, -0.1) is 0 Å². The molecule has 2 heterocycles. The van der Waals surface area contributed by atoms with Gasteiger partial charge in [0.1, 0.15) is 5.72 Å². The molecule has 1 unspecified atom stereocenters. The van der Waals surface area contributed by atoms with Gasteiger partial charge in [0, 0.05) is 13.0 Å². The van der Waals surface area contributed by atoms with Crippen molar-refractivity contribution in [2.45, 2.75) is 89.8 Å². The Hall–Kier alpha value is -0.433. The Bertz CT molecular complexity index is 504. The van der Waals surface area contributed by atoms with E-state index in [4.69, 9.17) is 13.9 Å². The molecule has 0 aromatic carbocycles. The normalized spacial score (nSPS) is 39.7. The van der Waals surface area contributed by atoms with Crippen LogP contribution in [0, 0.1) is 11.8 Å². The Balaban J connectivity index is 1.86. The van der Waals surface area contributed by atoms with Crippen LogP contribution in [0.4, 0.5) is 0 Å². The molecule has 2 aliphatic heterocycles. The summed E-state index contributed by atoms with van der Waals surface area (Å²) in [4.78, 5) is 14.9. The van der Waals surface area contributed by atoms with Crippen molar-refractivity contribution in [3.05, 3.63) is 0 Å². The Morgan fingerprint density at radius 3 is 2.54 bits per heavy atom. The minimum absolute atomic E-state index is 0.0251. The Morgan fingerprint density at radius 1 is 1.29 bits per heavy atom. The maximum Gasteiger partial charge on any atom is 0.232 e. The van der Waals surface area contributed by atoms with Gasteiger partial charge in [-0.2, -0.15) is 0 Å². The van der Waals surface area contributed by atoms with Crippen LogP contribution in [0.3, 0.4) is 0 Å². The average molecular weight is 356 g/mol. The first-order valence-corrected chi connectivity index (χ1v) is 12.7. The number of hydrogen-bond acceptors (Lipinski definition) is 4. The van der Waals surface area contributed by atoms with Crippen molar-refractivity contribution >= 4 is 14.2 Å². The van der Waals surface area contributed by atoms with Crippen molar-refractivity contribution < 1.29 is 18.7 Å². The minimum atomic E-state index is -1.68. The first kappa shape index (κ1) is 18.4. The number of carbonyl (C=O) groups excluding carboxylic acids is 1. The van der Waals surface area contributed by atoms with Crippen molar-refractivity contribution in [1.29, 1.82) is 0 Å². The van der Waals surface area contributed by atoms with Crippen LogP contribution in [-0.2, 0) is 18.7 Å². The monoisotopic (exact) mass is 355 g/mol. The van der Waals surface area contributed by atoms with E-state index in [1.54, 1.807) is 7.11 Å². The molecule has 5 nitrogen and oxygen atoms in total. The van der Waals surface area contributed by atoms with Crippen LogP contribution in [0.15, 0.2) is 0 Å². The first-order valence-electron chi connectivity index (χ1n) is 9.28. The third-order valence-electron chi connectivity index (χ3n) is 5.79. The van der Waals surface area contributed by atoms with E-state index in [-0.39, 0.29) is 36.2 Å². The zero-order valence-electron chi connectivity index (χ0n) is 16.2. The summed E-state index contributed by atoms with van der Waals surface area (Å²) < 4.78 is 18.4. The van der Waals surface area contributed by atoms with E-state index in [0.29, 0.717) is 5.92 Å². The number of nitrogens with zero attached hydrogens (tertiary/aromatic N) is 1. The van der Waals surface area contributed by atoms with Crippen molar-refractivity contribution in [3.8, 4) is 0 Å². The zero-order chi connectivity index (χ0) is 17.9. The summed E-state index contributed by atoms with van der Waals surface area (Å²) in [5, 5.41) is 0. The van der Waals surface area contributed by atoms with Crippen LogP contribution >= 0.6 is 0 Å². The molecule has 6 atom stereocenters. The van der Waals surface area contributed by atoms with E-state index in [0.717, 1.165) is 19.3 Å². The standard InChI is InChI=1S/C18H33NO4Si/c1-11(23-24(5,6)7)14-15-12-9-8-10-13(21-4)16(12)22-18(2,3)19(15)17(14)20/h11-16H,8-10H2,1-7H3/t11-,12-,13-,14-,15-,16?/m1/s1. The summed E-state index contributed by atoms with van der Waals surface area (Å²) in [5.41, 5.74) is -0.563. The van der Waals surface area contributed by atoms with Gasteiger partial charge < -0.3 is 18.8 Å². The second-order valence-corrected chi connectivity index (χ2v) is 13.5. The number of rotatable bonds is 4. The Morgan fingerprint density at radius 2 is 1.96 bits per heavy atom. The average Bonchev–Trinajstić information content (AvgIpc) is 2.41. The summed E-state index contributed by atoms with van der Waals surface area (Å²) in [5.74, 6) is 0.504. The topological polar surface area (TPSA) is 48.0 Å². The summed E-state index contributed by atoms with van der Waals surface area (Å²) in [6.45, 7) is 12.6. The molecule has 2 saturated heterocycles. The molecule has 3 rings (SSSR count). The van der Waals surface area contributed by atoms with Gasteiger partial charge in [0.05, 0.1) is 30.3 Å². The highest BCUT2D eigenvalue weighted by atomic mass is 28.4. The highest BCUT2D eigenvalue weighted by Crippen LogP contribution is 2.51. The molecule has 0 N–H and O–H groups in total. The third kappa shape index (κ3) is 2.95. The van der Waals surface area contributed by atoms with Crippen LogP contribution in [-0.4, -0.2) is 56.3 Å². The molecule has 6 heteroatoms. The number of carbonyl (C=O) groups is 1. The molecule has 0 aromatic rings. The van der Waals surface area contributed by atoms with Crippen LogP contribution in [0.2, 0.25) is 19.6 Å². The quantitative estimate of drug-likeness (QED) is 0.574. The molecule has 0 spiro atoms. The number of fused-ring (bicyclic) bond motifs is 3. The van der Waals surface area contributed by atoms with E-state index in [1.165, 1.54) is 0 Å². The summed E-state index contributed by atoms with van der Waals surface area (Å²) >= 11 is 0. The van der Waals surface area contributed by atoms with Crippen molar-refractivity contribution in [2.24, 2.45) is 11.8 Å². The van der Waals surface area contributed by atoms with E-state index in [2.05, 4.69) is 26.6 Å². The number of hydrogen-bond donors (Lipinski definition) is 0. The molecule has 138 valence electrons. The predicted molar refractivity (Wildman–Crippen MR) is 95.1 cm³/mol. The molecule has 1 amide bonds. The van der Waals surface area contributed by atoms with E-state index >= 15 is 0 Å². The van der Waals surface area contributed by atoms with Gasteiger partial charge >= 0.3 is 0 Å². The smallest absolute Gasteiger partial charge is 0.232 e. The van der Waals surface area contributed by atoms with Crippen molar-refractivity contribution in [1.82, 2.24) is 4.90 Å². The second-order valence-electron chi connectivity index (χ2n) is 9.06. The van der Waals surface area contributed by atoms with Crippen LogP contribution < -0.4 is 0 Å². The predicted octanol–water partition coefficient (Wildman–Crippen LogP) is 3.00. The van der Waals surface area contributed by atoms with Gasteiger partial charge in [-0.05, 0) is 53.3 Å². The summed E-state index contributed by atoms with van der Waals surface area (Å²) in [6.07, 6.45) is 3.47. The van der Waals surface area contributed by atoms with Gasteiger partial charge in [-0.1, -0.05) is 6.42 Å². The van der Waals surface area contributed by atoms with Gasteiger partial charge in [-0.3, -0.25) is 4.79 Å². The fraction of sp³-hybridized carbons (Fsp3) is 0.944. The van der Waals surface area contributed by atoms with Crippen LogP contribution in [0.5, 0.6) is 0 Å². The number of β-lactam (4-membered cyclic amide) rings is 1. The molecule has 0 radical (unpaired) electrons. The van der Waals surface area contributed by atoms with Gasteiger partial charge in [0.2, 0.25) is 5.91 Å². The maximum atomic E-state index is 12.9. The lowest BCUT2D eigenvalue weighted by atomic mass is 9.66. The molecular formula is C18H33NO4Si. The number of ether oxygens (including phenoxy) is 2. The highest BCUT2D eigenvalue weighted by molar-refractivity contribution is 6.69. The van der Waals surface area contributed by atoms with Crippen LogP contribution in [0.25, 0.3) is 0 Å². The van der Waals surface area contributed by atoms with Gasteiger partial charge in [-0.25, -0.2) is 0 Å². The second kappa shape index (κ2) is 6.08. The summed E-state index contributed by atoms with van der Waals surface area (Å²) in [6, 6.07) is 0.218. The SMILES string of the molecule is CO[C@@H]1CCC[C@H]2C1OC(C)(C)N1C(=O)[C@H]([C@@H](C)O[Si](C)(C)C)[C@@H]21. The first-order chi connectivity index (χ1) is 11.1. The Kier molecular flexibility index (Phi) is 4.65. The molecular weight excluding hydrogens is 322 g/mol. The number of amides is 1. The fourth-order valence-corrected chi connectivity index (χ4v) is 6.31. The van der Waals surface area contributed by atoms with Crippen molar-refractivity contribution in [3.63, 3.8) is 0 Å². The van der Waals surface area contributed by atoms with Gasteiger partial charge in [0.25, 0.3) is 0 Å². The minimum Gasteiger partial charge on any atom is -0.414 e. The molecule has 24 heavy (non-hydrogen) atoms. The third-order valence-corrected chi connectivity index (χ3v) is 6.87. The molecule has 1 saturated carbocycles. The lowest BCUT2D eigenvalue weighted by Crippen LogP contribution is -2.79. The summed E-state index contributed by atoms with van der Waals surface area (Å²) in [7, 11) is 0.0960. The van der Waals surface area contributed by atoms with Crippen molar-refractivity contribution in [2.75, 3.05) is 7.11 Å². The fourth-order valence-electron chi connectivity index (χ4n) is 5.05. The van der Waals surface area contributed by atoms with E-state index in [1.807, 2.05) is 18.7 Å². The number of methoxy groups -OCH3 is 1. The molecule has 3 fully saturated rings. The highest BCUT2D eigenvalue weighted by Gasteiger charge is 2.64. The van der Waals surface area contributed by atoms with Gasteiger partial charge in [0.15, 0.2) is 8.32 Å². The lowest BCUT2D eigenvalue weighted by molar-refractivity contribution is -0.302. The van der Waals surface area contributed by atoms with E-state index in [9.17, 15) is 4.79 Å². The zero-order valence-corrected chi connectivity index (χ0v) is 17.2. The molecule has 1 aliphatic carbocycles. The molecule has 0 aromatic heterocycles.